The highest BCUT2D eigenvalue weighted by Gasteiger charge is 2.16. The Balaban J connectivity index is 2.39. The summed E-state index contributed by atoms with van der Waals surface area (Å²) in [4.78, 5) is 19.9. The average molecular weight is 267 g/mol. The van der Waals surface area contributed by atoms with Crippen molar-refractivity contribution in [3.05, 3.63) is 42.4 Å². The van der Waals surface area contributed by atoms with Gasteiger partial charge in [0.1, 0.15) is 17.7 Å². The minimum absolute atomic E-state index is 0.573. The van der Waals surface area contributed by atoms with Gasteiger partial charge in [0.2, 0.25) is 0 Å². The van der Waals surface area contributed by atoms with Crippen molar-refractivity contribution in [2.75, 3.05) is 7.11 Å². The average Bonchev–Trinajstić information content (AvgIpc) is 2.84. The lowest BCUT2D eigenvalue weighted by Gasteiger charge is -2.08. The standard InChI is InChI=1S/C15H13N3O2/c1-18-7-10(8-19)13-14(16-9-17-15(13)18)11-5-3-4-6-12(11)20-2/h3-9H,1-2H3. The van der Waals surface area contributed by atoms with Gasteiger partial charge in [-0.05, 0) is 12.1 Å². The number of para-hydroxylation sites is 1. The molecule has 3 aromatic rings. The Morgan fingerprint density at radius 3 is 2.80 bits per heavy atom. The van der Waals surface area contributed by atoms with Gasteiger partial charge < -0.3 is 9.30 Å². The molecular weight excluding hydrogens is 254 g/mol. The Bertz CT molecular complexity index is 793. The molecule has 20 heavy (non-hydrogen) atoms. The molecule has 1 aromatic carbocycles. The lowest BCUT2D eigenvalue weighted by molar-refractivity contribution is 0.112. The predicted octanol–water partition coefficient (Wildman–Crippen LogP) is 2.46. The molecule has 0 atom stereocenters. The van der Waals surface area contributed by atoms with Gasteiger partial charge in [-0.25, -0.2) is 9.97 Å². The Kier molecular flexibility index (Phi) is 2.95. The largest absolute Gasteiger partial charge is 0.496 e. The molecule has 0 aliphatic carbocycles. The first kappa shape index (κ1) is 12.3. The summed E-state index contributed by atoms with van der Waals surface area (Å²) in [6.07, 6.45) is 4.08. The Labute approximate surface area is 115 Å². The van der Waals surface area contributed by atoms with Crippen LogP contribution in [-0.2, 0) is 7.05 Å². The molecular formula is C15H13N3O2. The van der Waals surface area contributed by atoms with E-state index in [-0.39, 0.29) is 0 Å². The van der Waals surface area contributed by atoms with E-state index in [1.807, 2.05) is 35.9 Å². The van der Waals surface area contributed by atoms with E-state index in [1.54, 1.807) is 13.3 Å². The zero-order chi connectivity index (χ0) is 14.1. The second-order valence-electron chi connectivity index (χ2n) is 4.43. The second kappa shape index (κ2) is 4.77. The number of benzene rings is 1. The number of aryl methyl sites for hydroxylation is 1. The van der Waals surface area contributed by atoms with Crippen molar-refractivity contribution in [1.29, 1.82) is 0 Å². The summed E-state index contributed by atoms with van der Waals surface area (Å²) >= 11 is 0. The lowest BCUT2D eigenvalue weighted by atomic mass is 10.1. The maximum Gasteiger partial charge on any atom is 0.152 e. The molecule has 0 unspecified atom stereocenters. The summed E-state index contributed by atoms with van der Waals surface area (Å²) in [7, 11) is 3.47. The number of methoxy groups -OCH3 is 1. The van der Waals surface area contributed by atoms with Crippen LogP contribution in [0.2, 0.25) is 0 Å². The number of carbonyl (C=O) groups is 1. The smallest absolute Gasteiger partial charge is 0.152 e. The Morgan fingerprint density at radius 2 is 2.05 bits per heavy atom. The molecule has 0 saturated carbocycles. The van der Waals surface area contributed by atoms with Gasteiger partial charge in [-0.2, -0.15) is 0 Å². The maximum atomic E-state index is 11.3. The van der Waals surface area contributed by atoms with Crippen LogP contribution in [0.1, 0.15) is 10.4 Å². The molecule has 0 amide bonds. The van der Waals surface area contributed by atoms with Gasteiger partial charge in [0.15, 0.2) is 6.29 Å². The molecule has 5 heteroatoms. The van der Waals surface area contributed by atoms with Gasteiger partial charge in [0.25, 0.3) is 0 Å². The van der Waals surface area contributed by atoms with E-state index in [0.717, 1.165) is 22.9 Å². The van der Waals surface area contributed by atoms with Crippen LogP contribution in [-0.4, -0.2) is 27.9 Å². The number of aromatic nitrogens is 3. The highest BCUT2D eigenvalue weighted by molar-refractivity contribution is 6.04. The number of fused-ring (bicyclic) bond motifs is 1. The lowest BCUT2D eigenvalue weighted by Crippen LogP contribution is -1.94. The number of hydrogen-bond donors (Lipinski definition) is 0. The summed E-state index contributed by atoms with van der Waals surface area (Å²) in [6.45, 7) is 0. The summed E-state index contributed by atoms with van der Waals surface area (Å²) < 4.78 is 7.19. The van der Waals surface area contributed by atoms with Gasteiger partial charge in [-0.15, -0.1) is 0 Å². The minimum Gasteiger partial charge on any atom is -0.496 e. The van der Waals surface area contributed by atoms with Crippen LogP contribution in [0, 0.1) is 0 Å². The molecule has 0 radical (unpaired) electrons. The SMILES string of the molecule is COc1ccccc1-c1ncnc2c1c(C=O)cn2C. The fourth-order valence-corrected chi connectivity index (χ4v) is 2.38. The molecule has 2 heterocycles. The van der Waals surface area contributed by atoms with Crippen LogP contribution >= 0.6 is 0 Å². The van der Waals surface area contributed by atoms with Crippen molar-refractivity contribution in [1.82, 2.24) is 14.5 Å². The fraction of sp³-hybridized carbons (Fsp3) is 0.133. The summed E-state index contributed by atoms with van der Waals surface area (Å²) in [6, 6.07) is 7.59. The topological polar surface area (TPSA) is 57.0 Å². The third kappa shape index (κ3) is 1.75. The molecule has 0 fully saturated rings. The monoisotopic (exact) mass is 267 g/mol. The van der Waals surface area contributed by atoms with E-state index in [1.165, 1.54) is 6.33 Å². The Morgan fingerprint density at radius 1 is 1.25 bits per heavy atom. The number of nitrogens with zero attached hydrogens (tertiary/aromatic N) is 3. The van der Waals surface area contributed by atoms with E-state index < -0.39 is 0 Å². The molecule has 2 aromatic heterocycles. The highest BCUT2D eigenvalue weighted by atomic mass is 16.5. The zero-order valence-electron chi connectivity index (χ0n) is 11.2. The van der Waals surface area contributed by atoms with E-state index in [9.17, 15) is 4.79 Å². The third-order valence-electron chi connectivity index (χ3n) is 3.27. The normalized spacial score (nSPS) is 10.7. The van der Waals surface area contributed by atoms with E-state index >= 15 is 0 Å². The van der Waals surface area contributed by atoms with Crippen molar-refractivity contribution in [2.24, 2.45) is 7.05 Å². The van der Waals surface area contributed by atoms with E-state index in [2.05, 4.69) is 9.97 Å². The molecule has 0 bridgehead atoms. The predicted molar refractivity (Wildman–Crippen MR) is 75.9 cm³/mol. The van der Waals surface area contributed by atoms with Gasteiger partial charge in [-0.1, -0.05) is 12.1 Å². The second-order valence-corrected chi connectivity index (χ2v) is 4.43. The van der Waals surface area contributed by atoms with Gasteiger partial charge in [0.05, 0.1) is 18.2 Å². The molecule has 0 spiro atoms. The zero-order valence-corrected chi connectivity index (χ0v) is 11.2. The minimum atomic E-state index is 0.573. The number of hydrogen-bond acceptors (Lipinski definition) is 4. The number of aldehydes is 1. The van der Waals surface area contributed by atoms with Crippen LogP contribution in [0.15, 0.2) is 36.8 Å². The summed E-state index contributed by atoms with van der Waals surface area (Å²) in [5.74, 6) is 0.716. The van der Waals surface area contributed by atoms with Crippen LogP contribution in [0.3, 0.4) is 0 Å². The quantitative estimate of drug-likeness (QED) is 0.684. The van der Waals surface area contributed by atoms with Gasteiger partial charge >= 0.3 is 0 Å². The molecule has 0 aliphatic rings. The van der Waals surface area contributed by atoms with Crippen LogP contribution < -0.4 is 4.74 Å². The summed E-state index contributed by atoms with van der Waals surface area (Å²) in [5.41, 5.74) is 2.85. The molecule has 5 nitrogen and oxygen atoms in total. The maximum absolute atomic E-state index is 11.3. The third-order valence-corrected chi connectivity index (χ3v) is 3.27. The highest BCUT2D eigenvalue weighted by Crippen LogP contribution is 2.34. The molecule has 0 saturated heterocycles. The van der Waals surface area contributed by atoms with Gasteiger partial charge in [0, 0.05) is 24.4 Å². The van der Waals surface area contributed by atoms with Crippen molar-refractivity contribution in [2.45, 2.75) is 0 Å². The first-order chi connectivity index (χ1) is 9.76. The Hall–Kier alpha value is -2.69. The van der Waals surface area contributed by atoms with E-state index in [4.69, 9.17) is 4.74 Å². The van der Waals surface area contributed by atoms with Crippen LogP contribution in [0.5, 0.6) is 5.75 Å². The number of ether oxygens (including phenoxy) is 1. The number of rotatable bonds is 3. The van der Waals surface area contributed by atoms with Crippen molar-refractivity contribution in [3.8, 4) is 17.0 Å². The molecule has 0 N–H and O–H groups in total. The van der Waals surface area contributed by atoms with Crippen LogP contribution in [0.4, 0.5) is 0 Å². The van der Waals surface area contributed by atoms with E-state index in [0.29, 0.717) is 17.0 Å². The number of carbonyl (C=O) groups excluding carboxylic acids is 1. The molecule has 3 rings (SSSR count). The van der Waals surface area contributed by atoms with Gasteiger partial charge in [-0.3, -0.25) is 4.79 Å². The summed E-state index contributed by atoms with van der Waals surface area (Å²) in [5, 5.41) is 0.745. The van der Waals surface area contributed by atoms with Crippen molar-refractivity contribution >= 4 is 17.3 Å². The fourth-order valence-electron chi connectivity index (χ4n) is 2.38. The van der Waals surface area contributed by atoms with Crippen molar-refractivity contribution < 1.29 is 9.53 Å². The first-order valence-corrected chi connectivity index (χ1v) is 6.15. The van der Waals surface area contributed by atoms with Crippen LogP contribution in [0.25, 0.3) is 22.3 Å². The van der Waals surface area contributed by atoms with Crippen molar-refractivity contribution in [3.63, 3.8) is 0 Å². The molecule has 100 valence electrons. The molecule has 0 aliphatic heterocycles. The first-order valence-electron chi connectivity index (χ1n) is 6.15.